The molecule has 1 aromatic carbocycles. The molecule has 2 aliphatic carbocycles. The number of hydrogen-bond donors (Lipinski definition) is 1. The van der Waals surface area contributed by atoms with Crippen molar-refractivity contribution in [2.75, 3.05) is 7.11 Å². The van der Waals surface area contributed by atoms with E-state index in [2.05, 4.69) is 10.1 Å². The smallest absolute Gasteiger partial charge is 0.168 e. The number of nitrogens with zero attached hydrogens (tertiary/aromatic N) is 2. The molecule has 2 aliphatic rings. The van der Waals surface area contributed by atoms with Crippen molar-refractivity contribution in [2.45, 2.75) is 58.8 Å². The lowest BCUT2D eigenvalue weighted by molar-refractivity contribution is -0.115. The van der Waals surface area contributed by atoms with Crippen LogP contribution in [0.4, 0.5) is 5.69 Å². The summed E-state index contributed by atoms with van der Waals surface area (Å²) in [6, 6.07) is 7.27. The second-order valence-corrected chi connectivity index (χ2v) is 9.23. The molecule has 4 rings (SSSR count). The van der Waals surface area contributed by atoms with E-state index in [1.165, 1.54) is 0 Å². The Morgan fingerprint density at radius 1 is 1.22 bits per heavy atom. The molecular weight excluding hydrogens is 408 g/mol. The highest BCUT2D eigenvalue weighted by molar-refractivity contribution is 6.24. The monoisotopic (exact) mass is 436 g/mol. The van der Waals surface area contributed by atoms with E-state index in [-0.39, 0.29) is 34.7 Å². The highest BCUT2D eigenvalue weighted by Crippen LogP contribution is 2.36. The molecule has 7 heteroatoms. The molecule has 1 N–H and O–H groups in total. The van der Waals surface area contributed by atoms with E-state index >= 15 is 0 Å². The molecule has 1 heterocycles. The first-order valence-corrected chi connectivity index (χ1v) is 11.0. The van der Waals surface area contributed by atoms with Crippen LogP contribution in [-0.4, -0.2) is 34.7 Å². The Bertz CT molecular complexity index is 1120. The molecule has 1 fully saturated rings. The van der Waals surface area contributed by atoms with Crippen LogP contribution in [0.15, 0.2) is 45.1 Å². The largest absolute Gasteiger partial charge is 0.511 e. The van der Waals surface area contributed by atoms with Crippen molar-refractivity contribution in [1.82, 2.24) is 5.16 Å². The van der Waals surface area contributed by atoms with Gasteiger partial charge in [0.15, 0.2) is 11.6 Å². The number of benzene rings is 1. The lowest BCUT2D eigenvalue weighted by Gasteiger charge is -2.26. The van der Waals surface area contributed by atoms with Crippen molar-refractivity contribution in [3.8, 4) is 5.75 Å². The number of carbonyl (C=O) groups is 2. The Morgan fingerprint density at radius 3 is 2.81 bits per heavy atom. The summed E-state index contributed by atoms with van der Waals surface area (Å²) in [4.78, 5) is 29.9. The molecule has 0 saturated heterocycles. The SMILES string of the molecule is COc1cccc(N=C2CCCC(=O)/C2=C(\O)CCc2noc3c2C(=O)CC(C)(C)C3)c1. The fourth-order valence-electron chi connectivity index (χ4n) is 4.45. The summed E-state index contributed by atoms with van der Waals surface area (Å²) in [5.74, 6) is 1.18. The van der Waals surface area contributed by atoms with Gasteiger partial charge in [-0.25, -0.2) is 0 Å². The van der Waals surface area contributed by atoms with E-state index in [1.807, 2.05) is 32.0 Å². The van der Waals surface area contributed by atoms with E-state index in [1.54, 1.807) is 13.2 Å². The van der Waals surface area contributed by atoms with Gasteiger partial charge >= 0.3 is 0 Å². The summed E-state index contributed by atoms with van der Waals surface area (Å²) in [7, 11) is 1.59. The number of aliphatic imine (C=N–C) groups is 1. The zero-order chi connectivity index (χ0) is 22.9. The Labute approximate surface area is 187 Å². The van der Waals surface area contributed by atoms with Crippen LogP contribution in [0, 0.1) is 5.41 Å². The van der Waals surface area contributed by atoms with Gasteiger partial charge in [0.05, 0.1) is 35.3 Å². The predicted octanol–water partition coefficient (Wildman–Crippen LogP) is 5.11. The van der Waals surface area contributed by atoms with Crippen LogP contribution in [0.3, 0.4) is 0 Å². The van der Waals surface area contributed by atoms with Gasteiger partial charge in [-0.15, -0.1) is 0 Å². The highest BCUT2D eigenvalue weighted by Gasteiger charge is 2.36. The van der Waals surface area contributed by atoms with E-state index in [9.17, 15) is 14.7 Å². The van der Waals surface area contributed by atoms with Gasteiger partial charge < -0.3 is 14.4 Å². The van der Waals surface area contributed by atoms with E-state index in [0.717, 1.165) is 0 Å². The first kappa shape index (κ1) is 22.0. The Kier molecular flexibility index (Phi) is 6.00. The number of ketones is 2. The zero-order valence-corrected chi connectivity index (χ0v) is 18.7. The number of hydrogen-bond acceptors (Lipinski definition) is 7. The van der Waals surface area contributed by atoms with Crippen LogP contribution in [0.5, 0.6) is 5.75 Å². The lowest BCUT2D eigenvalue weighted by atomic mass is 9.76. The van der Waals surface area contributed by atoms with Crippen molar-refractivity contribution in [3.05, 3.63) is 52.6 Å². The number of rotatable bonds is 5. The molecule has 168 valence electrons. The lowest BCUT2D eigenvalue weighted by Crippen LogP contribution is -2.26. The van der Waals surface area contributed by atoms with Crippen LogP contribution in [0.2, 0.25) is 0 Å². The van der Waals surface area contributed by atoms with E-state index < -0.39 is 0 Å². The minimum Gasteiger partial charge on any atom is -0.511 e. The van der Waals surface area contributed by atoms with E-state index in [4.69, 9.17) is 9.26 Å². The van der Waals surface area contributed by atoms with Crippen LogP contribution in [0.1, 0.15) is 67.8 Å². The Balaban J connectivity index is 1.59. The van der Waals surface area contributed by atoms with Crippen molar-refractivity contribution in [1.29, 1.82) is 0 Å². The highest BCUT2D eigenvalue weighted by atomic mass is 16.5. The number of aryl methyl sites for hydroxylation is 1. The number of allylic oxidation sites excluding steroid dienone is 2. The molecule has 2 aromatic rings. The minimum absolute atomic E-state index is 0.0170. The van der Waals surface area contributed by atoms with Crippen LogP contribution in [-0.2, 0) is 17.6 Å². The van der Waals surface area contributed by atoms with Gasteiger partial charge in [-0.05, 0) is 30.4 Å². The first-order valence-electron chi connectivity index (χ1n) is 11.0. The molecule has 0 radical (unpaired) electrons. The average molecular weight is 437 g/mol. The van der Waals surface area contributed by atoms with Gasteiger partial charge in [0, 0.05) is 38.2 Å². The number of aliphatic hydroxyl groups is 1. The average Bonchev–Trinajstić information content (AvgIpc) is 3.14. The minimum atomic E-state index is -0.148. The molecule has 1 aromatic heterocycles. The third kappa shape index (κ3) is 4.52. The molecule has 1 saturated carbocycles. The summed E-state index contributed by atoms with van der Waals surface area (Å²) in [5, 5.41) is 15.0. The molecule has 0 aliphatic heterocycles. The second-order valence-electron chi connectivity index (χ2n) is 9.23. The maximum atomic E-state index is 12.7. The number of carbonyl (C=O) groups excluding carboxylic acids is 2. The summed E-state index contributed by atoms with van der Waals surface area (Å²) < 4.78 is 10.7. The summed E-state index contributed by atoms with van der Waals surface area (Å²) in [6.45, 7) is 4.06. The molecule has 0 unspecified atom stereocenters. The maximum absolute atomic E-state index is 12.7. The number of fused-ring (bicyclic) bond motifs is 1. The summed E-state index contributed by atoms with van der Waals surface area (Å²) in [5.41, 5.74) is 2.46. The van der Waals surface area contributed by atoms with Gasteiger partial charge in [0.2, 0.25) is 0 Å². The van der Waals surface area contributed by atoms with Gasteiger partial charge in [-0.2, -0.15) is 0 Å². The zero-order valence-electron chi connectivity index (χ0n) is 18.7. The molecular formula is C25H28N2O5. The number of methoxy groups -OCH3 is 1. The fourth-order valence-corrected chi connectivity index (χ4v) is 4.45. The molecule has 0 bridgehead atoms. The standard InChI is InChI=1S/C25H28N2O5/c1-25(2)13-21(30)24-18(27-32-22(24)14-25)10-11-20(29)23-17(8-5-9-19(23)28)26-15-6-4-7-16(12-15)31-3/h4,6-7,12,29H,5,8-11,13-14H2,1-3H3/b23-20-,26-17?. The van der Waals surface area contributed by atoms with Crippen molar-refractivity contribution in [3.63, 3.8) is 0 Å². The third-order valence-electron chi connectivity index (χ3n) is 5.98. The Morgan fingerprint density at radius 2 is 2.03 bits per heavy atom. The molecule has 0 atom stereocenters. The fraction of sp³-hybridized carbons (Fsp3) is 0.440. The van der Waals surface area contributed by atoms with Gasteiger partial charge in [0.25, 0.3) is 0 Å². The first-order chi connectivity index (χ1) is 15.3. The van der Waals surface area contributed by atoms with Gasteiger partial charge in [0.1, 0.15) is 17.3 Å². The Hall–Kier alpha value is -3.22. The normalized spacial score (nSPS) is 20.9. The molecule has 0 spiro atoms. The van der Waals surface area contributed by atoms with Crippen LogP contribution >= 0.6 is 0 Å². The number of Topliss-reactive ketones (excluding diaryl/α,β-unsaturated/α-hetero) is 2. The van der Waals surface area contributed by atoms with Crippen molar-refractivity contribution < 1.29 is 24.0 Å². The van der Waals surface area contributed by atoms with Crippen molar-refractivity contribution in [2.24, 2.45) is 10.4 Å². The van der Waals surface area contributed by atoms with E-state index in [0.29, 0.717) is 72.7 Å². The molecule has 7 nitrogen and oxygen atoms in total. The maximum Gasteiger partial charge on any atom is 0.168 e. The topological polar surface area (TPSA) is 102 Å². The van der Waals surface area contributed by atoms with Crippen LogP contribution in [0.25, 0.3) is 0 Å². The molecule has 32 heavy (non-hydrogen) atoms. The van der Waals surface area contributed by atoms with Crippen LogP contribution < -0.4 is 4.74 Å². The number of aliphatic hydroxyl groups excluding tert-OH is 1. The van der Waals surface area contributed by atoms with Gasteiger partial charge in [-0.1, -0.05) is 25.1 Å². The summed E-state index contributed by atoms with van der Waals surface area (Å²) >= 11 is 0. The quantitative estimate of drug-likeness (QED) is 0.516. The summed E-state index contributed by atoms with van der Waals surface area (Å²) in [6.07, 6.45) is 3.28. The van der Waals surface area contributed by atoms with Crippen molar-refractivity contribution >= 4 is 23.0 Å². The second kappa shape index (κ2) is 8.73. The predicted molar refractivity (Wildman–Crippen MR) is 120 cm³/mol. The number of ether oxygens (including phenoxy) is 1. The third-order valence-corrected chi connectivity index (χ3v) is 5.98. The number of aromatic nitrogens is 1. The van der Waals surface area contributed by atoms with Gasteiger partial charge in [-0.3, -0.25) is 14.6 Å². The molecule has 0 amide bonds.